The van der Waals surface area contributed by atoms with Crippen LogP contribution < -0.4 is 10.1 Å². The third kappa shape index (κ3) is 3.40. The fourth-order valence-electron chi connectivity index (χ4n) is 5.57. The lowest BCUT2D eigenvalue weighted by Crippen LogP contribution is -2.56. The molecule has 1 saturated carbocycles. The zero-order chi connectivity index (χ0) is 20.2. The number of benzene rings is 1. The molecule has 29 heavy (non-hydrogen) atoms. The number of nitrogens with one attached hydrogen (secondary N) is 1. The minimum Gasteiger partial charge on any atom is -0.496 e. The third-order valence-corrected chi connectivity index (χ3v) is 7.60. The first kappa shape index (κ1) is 19.2. The van der Waals surface area contributed by atoms with Crippen LogP contribution >= 0.6 is 11.6 Å². The zero-order valence-corrected chi connectivity index (χ0v) is 17.6. The smallest absolute Gasteiger partial charge is 0.257 e. The van der Waals surface area contributed by atoms with Crippen molar-refractivity contribution in [3.05, 3.63) is 28.8 Å². The largest absolute Gasteiger partial charge is 0.496 e. The van der Waals surface area contributed by atoms with Crippen molar-refractivity contribution in [3.8, 4) is 5.75 Å². The Bertz CT molecular complexity index is 833. The van der Waals surface area contributed by atoms with Crippen LogP contribution in [0.1, 0.15) is 36.0 Å². The standard InChI is InChI=1S/C22H28ClN3O3/c1-29-19-10-15(23)4-5-16(19)21(28)26-8-6-22(7-9-26)18-13-25(11-14-2-3-14)12-17(18)20(27)24-22/h4-5,10,14,17-18H,2-3,6-9,11-13H2,1H3,(H,24,27)/t17-,18+/m1/s1. The molecule has 3 saturated heterocycles. The predicted molar refractivity (Wildman–Crippen MR) is 110 cm³/mol. The van der Waals surface area contributed by atoms with Crippen molar-refractivity contribution in [2.75, 3.05) is 39.8 Å². The fraction of sp³-hybridized carbons (Fsp3) is 0.636. The van der Waals surface area contributed by atoms with Crippen LogP contribution in [0.25, 0.3) is 0 Å². The number of piperidine rings is 1. The van der Waals surface area contributed by atoms with E-state index in [0.29, 0.717) is 35.3 Å². The number of nitrogens with zero attached hydrogens (tertiary/aromatic N) is 2. The number of carbonyl (C=O) groups is 2. The first-order valence-electron chi connectivity index (χ1n) is 10.7. The molecule has 1 aromatic rings. The van der Waals surface area contributed by atoms with E-state index in [4.69, 9.17) is 16.3 Å². The fourth-order valence-corrected chi connectivity index (χ4v) is 5.74. The highest BCUT2D eigenvalue weighted by Crippen LogP contribution is 2.45. The Balaban J connectivity index is 1.27. The van der Waals surface area contributed by atoms with Crippen molar-refractivity contribution in [2.24, 2.45) is 17.8 Å². The van der Waals surface area contributed by atoms with E-state index in [-0.39, 0.29) is 23.3 Å². The molecule has 2 atom stereocenters. The van der Waals surface area contributed by atoms with Gasteiger partial charge < -0.3 is 19.9 Å². The highest BCUT2D eigenvalue weighted by molar-refractivity contribution is 6.30. The molecule has 2 amide bonds. The number of methoxy groups -OCH3 is 1. The average molecular weight is 418 g/mol. The number of hydrogen-bond donors (Lipinski definition) is 1. The minimum atomic E-state index is -0.152. The van der Waals surface area contributed by atoms with E-state index in [1.165, 1.54) is 12.8 Å². The van der Waals surface area contributed by atoms with Gasteiger partial charge in [-0.1, -0.05) is 11.6 Å². The van der Waals surface area contributed by atoms with Gasteiger partial charge in [-0.25, -0.2) is 0 Å². The SMILES string of the molecule is COc1cc(Cl)ccc1C(=O)N1CCC2(CC1)NC(=O)[C@@H]1CN(CC3CC3)C[C@@H]12. The van der Waals surface area contributed by atoms with E-state index < -0.39 is 0 Å². The highest BCUT2D eigenvalue weighted by atomic mass is 35.5. The lowest BCUT2D eigenvalue weighted by molar-refractivity contribution is -0.123. The second-order valence-electron chi connectivity index (χ2n) is 9.16. The number of rotatable bonds is 4. The molecule has 4 aliphatic rings. The van der Waals surface area contributed by atoms with E-state index in [0.717, 1.165) is 38.4 Å². The summed E-state index contributed by atoms with van der Waals surface area (Å²) >= 11 is 6.03. The van der Waals surface area contributed by atoms with Crippen LogP contribution in [0, 0.1) is 17.8 Å². The molecule has 4 fully saturated rings. The summed E-state index contributed by atoms with van der Waals surface area (Å²) in [5.74, 6) is 2.03. The topological polar surface area (TPSA) is 61.9 Å². The lowest BCUT2D eigenvalue weighted by Gasteiger charge is -2.43. The van der Waals surface area contributed by atoms with Gasteiger partial charge in [0, 0.05) is 49.2 Å². The van der Waals surface area contributed by atoms with Crippen molar-refractivity contribution in [3.63, 3.8) is 0 Å². The predicted octanol–water partition coefficient (Wildman–Crippen LogP) is 2.41. The molecule has 1 spiro atoms. The Hall–Kier alpha value is -1.79. The Morgan fingerprint density at radius 1 is 1.28 bits per heavy atom. The normalized spacial score (nSPS) is 28.5. The summed E-state index contributed by atoms with van der Waals surface area (Å²) in [6.45, 7) is 4.36. The summed E-state index contributed by atoms with van der Waals surface area (Å²) in [5, 5.41) is 3.89. The van der Waals surface area contributed by atoms with Gasteiger partial charge in [-0.15, -0.1) is 0 Å². The van der Waals surface area contributed by atoms with Crippen LogP contribution in [0.5, 0.6) is 5.75 Å². The van der Waals surface area contributed by atoms with E-state index in [1.807, 2.05) is 4.90 Å². The second-order valence-corrected chi connectivity index (χ2v) is 9.59. The van der Waals surface area contributed by atoms with Gasteiger partial charge in [0.15, 0.2) is 0 Å². The van der Waals surface area contributed by atoms with E-state index in [2.05, 4.69) is 10.2 Å². The molecule has 7 heteroatoms. The van der Waals surface area contributed by atoms with Crippen LogP contribution in [0.15, 0.2) is 18.2 Å². The maximum absolute atomic E-state index is 13.1. The van der Waals surface area contributed by atoms with Crippen molar-refractivity contribution in [1.82, 2.24) is 15.1 Å². The van der Waals surface area contributed by atoms with E-state index in [9.17, 15) is 9.59 Å². The Labute approximate surface area is 176 Å². The van der Waals surface area contributed by atoms with Crippen LogP contribution in [0.2, 0.25) is 5.02 Å². The number of amides is 2. The highest BCUT2D eigenvalue weighted by Gasteiger charge is 2.57. The number of ether oxygens (including phenoxy) is 1. The number of fused-ring (bicyclic) bond motifs is 2. The molecule has 1 N–H and O–H groups in total. The molecule has 0 bridgehead atoms. The average Bonchev–Trinajstić information content (AvgIpc) is 3.37. The molecular weight excluding hydrogens is 390 g/mol. The van der Waals surface area contributed by atoms with Crippen LogP contribution in [0.4, 0.5) is 0 Å². The van der Waals surface area contributed by atoms with Gasteiger partial charge in [0.2, 0.25) is 5.91 Å². The Kier molecular flexibility index (Phi) is 4.74. The van der Waals surface area contributed by atoms with Gasteiger partial charge in [-0.2, -0.15) is 0 Å². The molecule has 0 aromatic heterocycles. The summed E-state index contributed by atoms with van der Waals surface area (Å²) in [6, 6.07) is 5.13. The molecule has 0 radical (unpaired) electrons. The van der Waals surface area contributed by atoms with Crippen LogP contribution in [0.3, 0.4) is 0 Å². The summed E-state index contributed by atoms with van der Waals surface area (Å²) in [4.78, 5) is 30.1. The van der Waals surface area contributed by atoms with Gasteiger partial charge in [0.25, 0.3) is 5.91 Å². The van der Waals surface area contributed by atoms with Crippen molar-refractivity contribution in [1.29, 1.82) is 0 Å². The summed E-state index contributed by atoms with van der Waals surface area (Å²) in [6.07, 6.45) is 4.32. The molecule has 0 unspecified atom stereocenters. The zero-order valence-electron chi connectivity index (χ0n) is 16.8. The molecule has 3 heterocycles. The monoisotopic (exact) mass is 417 g/mol. The van der Waals surface area contributed by atoms with Gasteiger partial charge in [-0.3, -0.25) is 9.59 Å². The maximum Gasteiger partial charge on any atom is 0.257 e. The third-order valence-electron chi connectivity index (χ3n) is 7.36. The number of halogens is 1. The number of likely N-dealkylation sites (tertiary alicyclic amines) is 2. The quantitative estimate of drug-likeness (QED) is 0.817. The second kappa shape index (κ2) is 7.17. The van der Waals surface area contributed by atoms with Crippen LogP contribution in [-0.4, -0.2) is 67.0 Å². The first-order chi connectivity index (χ1) is 14.0. The summed E-state index contributed by atoms with van der Waals surface area (Å²) < 4.78 is 5.36. The maximum atomic E-state index is 13.1. The molecule has 5 rings (SSSR count). The van der Waals surface area contributed by atoms with Gasteiger partial charge in [0.1, 0.15) is 5.75 Å². The minimum absolute atomic E-state index is 0.0315. The number of carbonyl (C=O) groups excluding carboxylic acids is 2. The van der Waals surface area contributed by atoms with Gasteiger partial charge in [0.05, 0.1) is 18.6 Å². The molecule has 156 valence electrons. The molecule has 3 aliphatic heterocycles. The van der Waals surface area contributed by atoms with E-state index in [1.54, 1.807) is 25.3 Å². The molecule has 1 aromatic carbocycles. The van der Waals surface area contributed by atoms with Gasteiger partial charge in [-0.05, 0) is 49.8 Å². The molecule has 1 aliphatic carbocycles. The summed E-state index contributed by atoms with van der Waals surface area (Å²) in [7, 11) is 1.55. The van der Waals surface area contributed by atoms with Crippen molar-refractivity contribution < 1.29 is 14.3 Å². The first-order valence-corrected chi connectivity index (χ1v) is 11.0. The Morgan fingerprint density at radius 3 is 2.72 bits per heavy atom. The van der Waals surface area contributed by atoms with Gasteiger partial charge >= 0.3 is 0 Å². The van der Waals surface area contributed by atoms with Crippen molar-refractivity contribution >= 4 is 23.4 Å². The summed E-state index contributed by atoms with van der Waals surface area (Å²) in [5.41, 5.74) is 0.388. The molecule has 6 nitrogen and oxygen atoms in total. The molecular formula is C22H28ClN3O3. The van der Waals surface area contributed by atoms with E-state index >= 15 is 0 Å². The van der Waals surface area contributed by atoms with Crippen molar-refractivity contribution in [2.45, 2.75) is 31.2 Å². The lowest BCUT2D eigenvalue weighted by atomic mass is 9.75. The number of hydrogen-bond acceptors (Lipinski definition) is 4. The Morgan fingerprint density at radius 2 is 2.03 bits per heavy atom. The van der Waals surface area contributed by atoms with Crippen LogP contribution in [-0.2, 0) is 4.79 Å².